The quantitative estimate of drug-likeness (QED) is 0.0740. The zero-order valence-electron chi connectivity index (χ0n) is 23.8. The molecule has 0 aliphatic heterocycles. The third kappa shape index (κ3) is 10.7. The number of hydrogen-bond acceptors (Lipinski definition) is 6. The first kappa shape index (κ1) is 30.6. The summed E-state index contributed by atoms with van der Waals surface area (Å²) < 4.78 is 16.5. The van der Waals surface area contributed by atoms with Crippen molar-refractivity contribution >= 4 is 11.9 Å². The van der Waals surface area contributed by atoms with E-state index < -0.39 is 5.97 Å². The number of ether oxygens (including phenoxy) is 3. The fourth-order valence-electron chi connectivity index (χ4n) is 4.09. The fraction of sp³-hybridized carbons (Fsp3) is 0.382. The lowest BCUT2D eigenvalue weighted by Crippen LogP contribution is -2.08. The van der Waals surface area contributed by atoms with Crippen LogP contribution in [0.25, 0.3) is 11.3 Å². The first-order valence-corrected chi connectivity index (χ1v) is 14.3. The van der Waals surface area contributed by atoms with E-state index in [0.29, 0.717) is 30.1 Å². The van der Waals surface area contributed by atoms with Gasteiger partial charge in [-0.2, -0.15) is 0 Å². The Kier molecular flexibility index (Phi) is 12.9. The monoisotopic (exact) mass is 543 g/mol. The molecule has 212 valence electrons. The molecule has 0 atom stereocenters. The second kappa shape index (κ2) is 16.9. The molecule has 3 aromatic rings. The summed E-state index contributed by atoms with van der Waals surface area (Å²) in [5, 5.41) is 0. The number of hydrogen-bond donors (Lipinski definition) is 0. The van der Waals surface area contributed by atoms with Crippen molar-refractivity contribution in [3.05, 3.63) is 90.1 Å². The van der Waals surface area contributed by atoms with Crippen molar-refractivity contribution in [2.24, 2.45) is 0 Å². The van der Waals surface area contributed by atoms with Crippen LogP contribution in [-0.4, -0.2) is 30.1 Å². The fourth-order valence-corrected chi connectivity index (χ4v) is 4.09. The van der Waals surface area contributed by atoms with Crippen LogP contribution in [0, 0.1) is 0 Å². The van der Waals surface area contributed by atoms with Crippen LogP contribution in [0.2, 0.25) is 0 Å². The standard InChI is InChI=1S/C34H41NO5/c1-4-27-13-22-32(35-25-27)28-14-20-31(21-15-28)40-34(37)29-16-18-30(19-17-29)38-23-11-9-7-5-6-8-10-12-24-39-33(36)26(2)3/h13-22,25H,2,4-12,23-24H2,1,3H3. The maximum absolute atomic E-state index is 12.6. The molecular formula is C34H41NO5. The van der Waals surface area contributed by atoms with Crippen molar-refractivity contribution in [3.63, 3.8) is 0 Å². The van der Waals surface area contributed by atoms with E-state index in [4.69, 9.17) is 14.2 Å². The molecule has 2 aromatic carbocycles. The SMILES string of the molecule is C=C(C)C(=O)OCCCCCCCCCCOc1ccc(C(=O)Oc2ccc(-c3ccc(CC)cn3)cc2)cc1. The first-order chi connectivity index (χ1) is 19.5. The number of carbonyl (C=O) groups excluding carboxylic acids is 2. The Labute approximate surface area is 238 Å². The van der Waals surface area contributed by atoms with Crippen LogP contribution < -0.4 is 9.47 Å². The van der Waals surface area contributed by atoms with Gasteiger partial charge in [0, 0.05) is 17.3 Å². The zero-order chi connectivity index (χ0) is 28.6. The molecule has 6 nitrogen and oxygen atoms in total. The predicted octanol–water partition coefficient (Wildman–Crippen LogP) is 8.15. The molecule has 0 spiro atoms. The van der Waals surface area contributed by atoms with Gasteiger partial charge in [-0.05, 0) is 86.3 Å². The molecule has 3 rings (SSSR count). The van der Waals surface area contributed by atoms with Crippen LogP contribution in [-0.2, 0) is 16.0 Å². The van der Waals surface area contributed by atoms with Gasteiger partial charge in [-0.1, -0.05) is 58.1 Å². The van der Waals surface area contributed by atoms with E-state index in [1.54, 1.807) is 43.3 Å². The molecule has 0 aliphatic rings. The second-order valence-electron chi connectivity index (χ2n) is 9.94. The molecule has 1 aromatic heterocycles. The Morgan fingerprint density at radius 3 is 1.93 bits per heavy atom. The van der Waals surface area contributed by atoms with Crippen LogP contribution in [0.1, 0.15) is 81.1 Å². The Morgan fingerprint density at radius 2 is 1.35 bits per heavy atom. The van der Waals surface area contributed by atoms with Crippen LogP contribution >= 0.6 is 0 Å². The molecule has 0 fully saturated rings. The first-order valence-electron chi connectivity index (χ1n) is 14.3. The van der Waals surface area contributed by atoms with Gasteiger partial charge in [0.05, 0.1) is 24.5 Å². The summed E-state index contributed by atoms with van der Waals surface area (Å²) in [6.07, 6.45) is 11.7. The summed E-state index contributed by atoms with van der Waals surface area (Å²) in [5.74, 6) is 0.529. The van der Waals surface area contributed by atoms with E-state index in [9.17, 15) is 9.59 Å². The normalized spacial score (nSPS) is 10.7. The highest BCUT2D eigenvalue weighted by Crippen LogP contribution is 2.22. The third-order valence-electron chi connectivity index (χ3n) is 6.57. The Balaban J connectivity index is 1.26. The summed E-state index contributed by atoms with van der Waals surface area (Å²) in [5.41, 5.74) is 3.98. The molecule has 0 saturated carbocycles. The highest BCUT2D eigenvalue weighted by Gasteiger charge is 2.10. The van der Waals surface area contributed by atoms with Gasteiger partial charge in [0.2, 0.25) is 0 Å². The minimum absolute atomic E-state index is 0.301. The maximum atomic E-state index is 12.6. The number of benzene rings is 2. The number of rotatable bonds is 17. The van der Waals surface area contributed by atoms with E-state index in [-0.39, 0.29) is 5.97 Å². The van der Waals surface area contributed by atoms with Gasteiger partial charge >= 0.3 is 11.9 Å². The van der Waals surface area contributed by atoms with Gasteiger partial charge in [0.15, 0.2) is 0 Å². The number of aromatic nitrogens is 1. The van der Waals surface area contributed by atoms with Crippen molar-refractivity contribution in [2.45, 2.75) is 71.6 Å². The molecule has 0 bridgehead atoms. The van der Waals surface area contributed by atoms with Crippen molar-refractivity contribution in [1.82, 2.24) is 4.98 Å². The largest absolute Gasteiger partial charge is 0.494 e. The number of esters is 2. The van der Waals surface area contributed by atoms with Gasteiger partial charge < -0.3 is 14.2 Å². The number of pyridine rings is 1. The van der Waals surface area contributed by atoms with Crippen molar-refractivity contribution < 1.29 is 23.8 Å². The highest BCUT2D eigenvalue weighted by molar-refractivity contribution is 5.91. The van der Waals surface area contributed by atoms with Crippen molar-refractivity contribution in [2.75, 3.05) is 13.2 Å². The van der Waals surface area contributed by atoms with Gasteiger partial charge in [-0.3, -0.25) is 4.98 Å². The Morgan fingerprint density at radius 1 is 0.750 bits per heavy atom. The van der Waals surface area contributed by atoms with Crippen LogP contribution in [0.15, 0.2) is 79.0 Å². The molecule has 0 amide bonds. The van der Waals surface area contributed by atoms with E-state index in [2.05, 4.69) is 24.6 Å². The molecule has 0 N–H and O–H groups in total. The zero-order valence-corrected chi connectivity index (χ0v) is 23.8. The van der Waals surface area contributed by atoms with Gasteiger partial charge in [0.25, 0.3) is 0 Å². The number of nitrogens with zero attached hydrogens (tertiary/aromatic N) is 1. The van der Waals surface area contributed by atoms with Crippen molar-refractivity contribution in [3.8, 4) is 22.8 Å². The lowest BCUT2D eigenvalue weighted by Gasteiger charge is -2.08. The molecule has 0 unspecified atom stereocenters. The van der Waals surface area contributed by atoms with E-state index >= 15 is 0 Å². The average Bonchev–Trinajstić information content (AvgIpc) is 2.98. The molecule has 6 heteroatoms. The number of carbonyl (C=O) groups is 2. The minimum Gasteiger partial charge on any atom is -0.494 e. The lowest BCUT2D eigenvalue weighted by molar-refractivity contribution is -0.139. The summed E-state index contributed by atoms with van der Waals surface area (Å²) in [7, 11) is 0. The molecule has 0 saturated heterocycles. The highest BCUT2D eigenvalue weighted by atomic mass is 16.5. The van der Waals surface area contributed by atoms with Crippen LogP contribution in [0.3, 0.4) is 0 Å². The van der Waals surface area contributed by atoms with Gasteiger partial charge in [0.1, 0.15) is 11.5 Å². The van der Waals surface area contributed by atoms with E-state index in [1.807, 2.05) is 24.4 Å². The van der Waals surface area contributed by atoms with Crippen LogP contribution in [0.4, 0.5) is 0 Å². The predicted molar refractivity (Wildman–Crippen MR) is 159 cm³/mol. The lowest BCUT2D eigenvalue weighted by atomic mass is 10.1. The van der Waals surface area contributed by atoms with Crippen molar-refractivity contribution in [1.29, 1.82) is 0 Å². The number of aryl methyl sites for hydroxylation is 1. The average molecular weight is 544 g/mol. The summed E-state index contributed by atoms with van der Waals surface area (Å²) in [6.45, 7) is 8.47. The maximum Gasteiger partial charge on any atom is 0.343 e. The summed E-state index contributed by atoms with van der Waals surface area (Å²) in [4.78, 5) is 28.4. The van der Waals surface area contributed by atoms with E-state index in [1.165, 1.54) is 24.8 Å². The number of unbranched alkanes of at least 4 members (excludes halogenated alkanes) is 7. The topological polar surface area (TPSA) is 74.7 Å². The summed E-state index contributed by atoms with van der Waals surface area (Å²) >= 11 is 0. The van der Waals surface area contributed by atoms with Gasteiger partial charge in [-0.15, -0.1) is 0 Å². The molecule has 0 radical (unpaired) electrons. The van der Waals surface area contributed by atoms with E-state index in [0.717, 1.165) is 55.5 Å². The van der Waals surface area contributed by atoms with Crippen LogP contribution in [0.5, 0.6) is 11.5 Å². The third-order valence-corrected chi connectivity index (χ3v) is 6.57. The minimum atomic E-state index is -0.405. The molecule has 40 heavy (non-hydrogen) atoms. The Hall–Kier alpha value is -3.93. The molecular weight excluding hydrogens is 502 g/mol. The van der Waals surface area contributed by atoms with Gasteiger partial charge in [-0.25, -0.2) is 9.59 Å². The smallest absolute Gasteiger partial charge is 0.343 e. The molecule has 1 heterocycles. The molecule has 0 aliphatic carbocycles. The summed E-state index contributed by atoms with van der Waals surface area (Å²) in [6, 6.07) is 18.5. The Bertz CT molecular complexity index is 1200. The second-order valence-corrected chi connectivity index (χ2v) is 9.94.